The van der Waals surface area contributed by atoms with Gasteiger partial charge in [-0.25, -0.2) is 0 Å². The van der Waals surface area contributed by atoms with Gasteiger partial charge in [0.05, 0.1) is 18.4 Å². The maximum absolute atomic E-state index is 12.3. The monoisotopic (exact) mass is 331 g/mol. The van der Waals surface area contributed by atoms with Crippen molar-refractivity contribution in [3.63, 3.8) is 0 Å². The van der Waals surface area contributed by atoms with E-state index in [4.69, 9.17) is 4.74 Å². The number of benzene rings is 1. The number of H-pyrrole nitrogens is 1. The zero-order chi connectivity index (χ0) is 17.7. The first kappa shape index (κ1) is 18.0. The molecule has 24 heavy (non-hydrogen) atoms. The van der Waals surface area contributed by atoms with E-state index < -0.39 is 5.60 Å². The first-order chi connectivity index (χ1) is 11.4. The van der Waals surface area contributed by atoms with Crippen LogP contribution in [0.1, 0.15) is 37.7 Å². The molecule has 2 atom stereocenters. The number of para-hydroxylation sites is 1. The van der Waals surface area contributed by atoms with Crippen molar-refractivity contribution in [3.05, 3.63) is 36.0 Å². The van der Waals surface area contributed by atoms with Gasteiger partial charge in [0.25, 0.3) is 5.91 Å². The van der Waals surface area contributed by atoms with Crippen LogP contribution in [-0.2, 0) is 0 Å². The van der Waals surface area contributed by atoms with Crippen molar-refractivity contribution in [3.8, 4) is 17.0 Å². The fourth-order valence-corrected chi connectivity index (χ4v) is 2.40. The number of rotatable bonds is 7. The van der Waals surface area contributed by atoms with Gasteiger partial charge in [0.15, 0.2) is 0 Å². The van der Waals surface area contributed by atoms with E-state index in [1.54, 1.807) is 20.1 Å². The molecule has 3 N–H and O–H groups in total. The lowest BCUT2D eigenvalue weighted by atomic mass is 9.88. The molecule has 2 aromatic rings. The fourth-order valence-electron chi connectivity index (χ4n) is 2.40. The highest BCUT2D eigenvalue weighted by molar-refractivity contribution is 5.93. The van der Waals surface area contributed by atoms with E-state index in [0.29, 0.717) is 17.1 Å². The van der Waals surface area contributed by atoms with Gasteiger partial charge in [-0.3, -0.25) is 9.89 Å². The first-order valence-corrected chi connectivity index (χ1v) is 8.08. The van der Waals surface area contributed by atoms with Crippen LogP contribution in [0.15, 0.2) is 30.3 Å². The van der Waals surface area contributed by atoms with Gasteiger partial charge in [0, 0.05) is 12.1 Å². The average Bonchev–Trinajstić information content (AvgIpc) is 3.08. The van der Waals surface area contributed by atoms with Gasteiger partial charge in [0.1, 0.15) is 11.4 Å². The zero-order valence-electron chi connectivity index (χ0n) is 14.6. The summed E-state index contributed by atoms with van der Waals surface area (Å²) in [6, 6.07) is 9.15. The third-order valence-corrected chi connectivity index (χ3v) is 4.49. The Balaban J connectivity index is 2.09. The number of ether oxygens (including phenoxy) is 1. The molecule has 6 nitrogen and oxygen atoms in total. The van der Waals surface area contributed by atoms with E-state index in [0.717, 1.165) is 12.0 Å². The van der Waals surface area contributed by atoms with Crippen molar-refractivity contribution >= 4 is 5.91 Å². The second kappa shape index (κ2) is 7.49. The molecule has 1 aromatic heterocycles. The molecule has 0 bridgehead atoms. The molecule has 2 unspecified atom stereocenters. The summed E-state index contributed by atoms with van der Waals surface area (Å²) in [4.78, 5) is 12.3. The maximum atomic E-state index is 12.3. The number of carbonyl (C=O) groups is 1. The summed E-state index contributed by atoms with van der Waals surface area (Å²) in [7, 11) is 1.59. The summed E-state index contributed by atoms with van der Waals surface area (Å²) < 4.78 is 5.31. The standard InChI is InChI=1S/C18H25N3O3/c1-5-12(2)18(3,23)11-19-17(22)15-10-14(20-21-15)13-8-6-7-9-16(13)24-4/h6-10,12,23H,5,11H2,1-4H3,(H,19,22)(H,20,21). The second-order valence-electron chi connectivity index (χ2n) is 6.22. The van der Waals surface area contributed by atoms with Crippen molar-refractivity contribution in [2.45, 2.75) is 32.8 Å². The molecular weight excluding hydrogens is 306 g/mol. The smallest absolute Gasteiger partial charge is 0.269 e. The number of nitrogens with zero attached hydrogens (tertiary/aromatic N) is 1. The Labute approximate surface area is 142 Å². The zero-order valence-corrected chi connectivity index (χ0v) is 14.6. The molecule has 6 heteroatoms. The molecule has 0 aliphatic heterocycles. The molecule has 2 rings (SSSR count). The van der Waals surface area contributed by atoms with Gasteiger partial charge in [0.2, 0.25) is 0 Å². The van der Waals surface area contributed by atoms with Crippen LogP contribution in [0.2, 0.25) is 0 Å². The molecule has 0 spiro atoms. The van der Waals surface area contributed by atoms with Crippen molar-refractivity contribution in [2.75, 3.05) is 13.7 Å². The number of methoxy groups -OCH3 is 1. The predicted molar refractivity (Wildman–Crippen MR) is 93.0 cm³/mol. The van der Waals surface area contributed by atoms with E-state index in [2.05, 4.69) is 15.5 Å². The van der Waals surface area contributed by atoms with Crippen molar-refractivity contribution < 1.29 is 14.6 Å². The van der Waals surface area contributed by atoms with Crippen molar-refractivity contribution in [2.24, 2.45) is 5.92 Å². The molecule has 0 aliphatic carbocycles. The fraction of sp³-hybridized carbons (Fsp3) is 0.444. The van der Waals surface area contributed by atoms with E-state index in [1.165, 1.54) is 0 Å². The lowest BCUT2D eigenvalue weighted by molar-refractivity contribution is 0.00588. The Bertz CT molecular complexity index is 694. The van der Waals surface area contributed by atoms with Crippen LogP contribution in [0.3, 0.4) is 0 Å². The highest BCUT2D eigenvalue weighted by Crippen LogP contribution is 2.28. The van der Waals surface area contributed by atoms with E-state index in [9.17, 15) is 9.90 Å². The third kappa shape index (κ3) is 3.94. The van der Waals surface area contributed by atoms with Gasteiger partial charge in [-0.15, -0.1) is 0 Å². The lowest BCUT2D eigenvalue weighted by Gasteiger charge is -2.29. The second-order valence-corrected chi connectivity index (χ2v) is 6.22. The van der Waals surface area contributed by atoms with Crippen molar-refractivity contribution in [1.82, 2.24) is 15.5 Å². The number of aromatic nitrogens is 2. The number of hydrogen-bond donors (Lipinski definition) is 3. The Kier molecular flexibility index (Phi) is 5.62. The number of nitrogens with one attached hydrogen (secondary N) is 2. The Morgan fingerprint density at radius 2 is 2.17 bits per heavy atom. The molecule has 0 radical (unpaired) electrons. The van der Waals surface area contributed by atoms with Gasteiger partial charge in [-0.2, -0.15) is 5.10 Å². The highest BCUT2D eigenvalue weighted by atomic mass is 16.5. The third-order valence-electron chi connectivity index (χ3n) is 4.49. The minimum absolute atomic E-state index is 0.0868. The molecular formula is C18H25N3O3. The number of aromatic amines is 1. The summed E-state index contributed by atoms with van der Waals surface area (Å²) in [5, 5.41) is 20.0. The number of aliphatic hydroxyl groups is 1. The van der Waals surface area contributed by atoms with Crippen LogP contribution in [0.4, 0.5) is 0 Å². The molecule has 0 fully saturated rings. The molecule has 0 aliphatic rings. The quantitative estimate of drug-likeness (QED) is 0.728. The van der Waals surface area contributed by atoms with Gasteiger partial charge in [-0.05, 0) is 31.0 Å². The predicted octanol–water partition coefficient (Wildman–Crippen LogP) is 2.61. The summed E-state index contributed by atoms with van der Waals surface area (Å²) in [6.07, 6.45) is 0.838. The van der Waals surface area contributed by atoms with Crippen LogP contribution in [0, 0.1) is 5.92 Å². The Morgan fingerprint density at radius 3 is 2.83 bits per heavy atom. The van der Waals surface area contributed by atoms with Crippen LogP contribution in [0.25, 0.3) is 11.3 Å². The summed E-state index contributed by atoms with van der Waals surface area (Å²) >= 11 is 0. The highest BCUT2D eigenvalue weighted by Gasteiger charge is 2.27. The van der Waals surface area contributed by atoms with E-state index >= 15 is 0 Å². The number of amides is 1. The lowest BCUT2D eigenvalue weighted by Crippen LogP contribution is -2.45. The Morgan fingerprint density at radius 1 is 1.46 bits per heavy atom. The van der Waals surface area contributed by atoms with Crippen LogP contribution < -0.4 is 10.1 Å². The van der Waals surface area contributed by atoms with Crippen LogP contribution >= 0.6 is 0 Å². The number of carbonyl (C=O) groups excluding carboxylic acids is 1. The minimum Gasteiger partial charge on any atom is -0.496 e. The Hall–Kier alpha value is -2.34. The first-order valence-electron chi connectivity index (χ1n) is 8.08. The largest absolute Gasteiger partial charge is 0.496 e. The molecule has 130 valence electrons. The normalized spacial score (nSPS) is 14.7. The number of hydrogen-bond acceptors (Lipinski definition) is 4. The topological polar surface area (TPSA) is 87.2 Å². The van der Waals surface area contributed by atoms with Crippen LogP contribution in [0.5, 0.6) is 5.75 Å². The molecule has 1 amide bonds. The van der Waals surface area contributed by atoms with Gasteiger partial charge in [-0.1, -0.05) is 32.4 Å². The van der Waals surface area contributed by atoms with E-state index in [1.807, 2.05) is 38.1 Å². The SMILES string of the molecule is CCC(C)C(C)(O)CNC(=O)c1cc(-c2ccccc2OC)n[nH]1. The molecule has 1 heterocycles. The van der Waals surface area contributed by atoms with Crippen molar-refractivity contribution in [1.29, 1.82) is 0 Å². The molecule has 0 saturated carbocycles. The summed E-state index contributed by atoms with van der Waals surface area (Å²) in [5.41, 5.74) is 0.833. The molecule has 0 saturated heterocycles. The van der Waals surface area contributed by atoms with Crippen LogP contribution in [-0.4, -0.2) is 40.5 Å². The minimum atomic E-state index is -0.949. The average molecular weight is 331 g/mol. The summed E-state index contributed by atoms with van der Waals surface area (Å²) in [6.45, 7) is 5.88. The summed E-state index contributed by atoms with van der Waals surface area (Å²) in [5.74, 6) is 0.478. The van der Waals surface area contributed by atoms with E-state index in [-0.39, 0.29) is 18.4 Å². The van der Waals surface area contributed by atoms with Gasteiger partial charge < -0.3 is 15.2 Å². The maximum Gasteiger partial charge on any atom is 0.269 e. The van der Waals surface area contributed by atoms with Gasteiger partial charge >= 0.3 is 0 Å². The molecule has 1 aromatic carbocycles.